The van der Waals surface area contributed by atoms with Gasteiger partial charge in [-0.15, -0.1) is 0 Å². The van der Waals surface area contributed by atoms with Crippen molar-refractivity contribution >= 4 is 6.29 Å². The number of hydrogen-bond acceptors (Lipinski definition) is 1. The molecule has 0 unspecified atom stereocenters. The smallest absolute Gasteiger partial charge is 0.120 e. The van der Waals surface area contributed by atoms with Crippen LogP contribution in [0.3, 0.4) is 0 Å². The van der Waals surface area contributed by atoms with Crippen LogP contribution < -0.4 is 0 Å². The van der Waals surface area contributed by atoms with Crippen molar-refractivity contribution in [2.24, 2.45) is 23.2 Å². The van der Waals surface area contributed by atoms with Gasteiger partial charge in [-0.3, -0.25) is 0 Å². The number of carbonyl (C=O) groups is 1. The Morgan fingerprint density at radius 2 is 2.10 bits per heavy atom. The molecule has 3 aliphatic rings. The highest BCUT2D eigenvalue weighted by atomic mass is 16.1. The Labute approximate surface area is 131 Å². The van der Waals surface area contributed by atoms with Crippen LogP contribution in [0.1, 0.15) is 73.6 Å². The molecule has 0 spiro atoms. The van der Waals surface area contributed by atoms with Gasteiger partial charge in [0.05, 0.1) is 0 Å². The Morgan fingerprint density at radius 3 is 2.48 bits per heavy atom. The van der Waals surface area contributed by atoms with Gasteiger partial charge in [-0.1, -0.05) is 44.1 Å². The number of fused-ring (bicyclic) bond motifs is 1. The maximum Gasteiger partial charge on any atom is 0.120 e. The molecule has 1 fully saturated rings. The van der Waals surface area contributed by atoms with Crippen molar-refractivity contribution in [1.29, 1.82) is 0 Å². The highest BCUT2D eigenvalue weighted by molar-refractivity contribution is 5.49. The van der Waals surface area contributed by atoms with E-state index in [1.807, 2.05) is 0 Å². The van der Waals surface area contributed by atoms with Crippen molar-refractivity contribution < 1.29 is 4.79 Å². The summed E-state index contributed by atoms with van der Waals surface area (Å²) in [6, 6.07) is 0. The number of allylic oxidation sites excluding steroid dienone is 4. The van der Waals surface area contributed by atoms with Crippen LogP contribution >= 0.6 is 0 Å². The second kappa shape index (κ2) is 7.96. The average molecular weight is 290 g/mol. The first-order valence-electron chi connectivity index (χ1n) is 8.52. The first kappa shape index (κ1) is 18.2. The van der Waals surface area contributed by atoms with Crippen LogP contribution in [0.2, 0.25) is 0 Å². The van der Waals surface area contributed by atoms with Gasteiger partial charge < -0.3 is 4.79 Å². The highest BCUT2D eigenvalue weighted by Crippen LogP contribution is 2.58. The Balaban J connectivity index is 0.000000210. The Kier molecular flexibility index (Phi) is 6.90. The predicted octanol–water partition coefficient (Wildman–Crippen LogP) is 5.96. The van der Waals surface area contributed by atoms with Gasteiger partial charge in [0.1, 0.15) is 6.29 Å². The second-order valence-electron chi connectivity index (χ2n) is 7.86. The molecule has 0 aromatic heterocycles. The van der Waals surface area contributed by atoms with Crippen LogP contribution in [0, 0.1) is 23.2 Å². The SMILES string of the molecule is CC(C)=CCC[C@H](C)CC=O.CC1=CC[C@@H]2C[C@H]1C2(C)C. The molecule has 0 aromatic rings. The van der Waals surface area contributed by atoms with Gasteiger partial charge in [0.2, 0.25) is 0 Å². The normalized spacial score (nSPS) is 26.5. The minimum atomic E-state index is 0.545. The lowest BCUT2D eigenvalue weighted by Gasteiger charge is -2.56. The van der Waals surface area contributed by atoms with Crippen LogP contribution in [0.15, 0.2) is 23.3 Å². The maximum absolute atomic E-state index is 10.1. The van der Waals surface area contributed by atoms with Gasteiger partial charge in [0.25, 0.3) is 0 Å². The zero-order valence-corrected chi connectivity index (χ0v) is 14.9. The Bertz CT molecular complexity index is 396. The number of carbonyl (C=O) groups excluding carboxylic acids is 1. The third kappa shape index (κ3) is 5.13. The lowest BCUT2D eigenvalue weighted by molar-refractivity contribution is -0.108. The van der Waals surface area contributed by atoms with Crippen LogP contribution in [0.4, 0.5) is 0 Å². The second-order valence-corrected chi connectivity index (χ2v) is 7.86. The molecule has 1 saturated carbocycles. The van der Waals surface area contributed by atoms with Crippen LogP contribution in [0.25, 0.3) is 0 Å². The van der Waals surface area contributed by atoms with Crippen LogP contribution in [-0.2, 0) is 4.79 Å². The molecule has 0 heterocycles. The molecule has 0 radical (unpaired) electrons. The molecule has 0 amide bonds. The first-order chi connectivity index (χ1) is 9.78. The molecular weight excluding hydrogens is 256 g/mol. The summed E-state index contributed by atoms with van der Waals surface area (Å²) in [7, 11) is 0. The van der Waals surface area contributed by atoms with Crippen molar-refractivity contribution in [2.75, 3.05) is 0 Å². The van der Waals surface area contributed by atoms with E-state index in [0.29, 0.717) is 17.8 Å². The third-order valence-electron chi connectivity index (χ3n) is 5.46. The molecule has 1 nitrogen and oxygen atoms in total. The minimum Gasteiger partial charge on any atom is -0.303 e. The standard InChI is InChI=1S/C10H18O.C10H16/c1-9(2)5-4-6-10(3)7-8-11;1-7-4-5-8-6-9(7)10(8,2)3/h5,8,10H,4,6-7H2,1-3H3;4,8-9H,5-6H2,1-3H3/t10-;8-,9-/m01/s1. The van der Waals surface area contributed by atoms with E-state index in [2.05, 4.69) is 53.7 Å². The molecule has 21 heavy (non-hydrogen) atoms. The van der Waals surface area contributed by atoms with Crippen LogP contribution in [0.5, 0.6) is 0 Å². The Morgan fingerprint density at radius 1 is 1.43 bits per heavy atom. The van der Waals surface area contributed by atoms with E-state index < -0.39 is 0 Å². The van der Waals surface area contributed by atoms with Crippen LogP contribution in [-0.4, -0.2) is 6.29 Å². The summed E-state index contributed by atoms with van der Waals surface area (Å²) in [6.45, 7) is 13.5. The molecule has 0 aromatic carbocycles. The largest absolute Gasteiger partial charge is 0.303 e. The monoisotopic (exact) mass is 290 g/mol. The molecule has 2 bridgehead atoms. The van der Waals surface area contributed by atoms with E-state index in [0.717, 1.165) is 31.0 Å². The highest BCUT2D eigenvalue weighted by Gasteiger charge is 2.49. The molecule has 0 aliphatic heterocycles. The molecule has 120 valence electrons. The lowest BCUT2D eigenvalue weighted by atomic mass is 9.49. The number of rotatable bonds is 5. The molecule has 3 aliphatic carbocycles. The summed E-state index contributed by atoms with van der Waals surface area (Å²) >= 11 is 0. The summed E-state index contributed by atoms with van der Waals surface area (Å²) in [5.41, 5.74) is 3.65. The molecular formula is C20H34O. The summed E-state index contributed by atoms with van der Waals surface area (Å²) in [4.78, 5) is 10.1. The van der Waals surface area contributed by atoms with Gasteiger partial charge >= 0.3 is 0 Å². The fourth-order valence-corrected chi connectivity index (χ4v) is 3.60. The first-order valence-corrected chi connectivity index (χ1v) is 8.52. The Hall–Kier alpha value is -0.850. The zero-order valence-electron chi connectivity index (χ0n) is 14.9. The van der Waals surface area contributed by atoms with Crippen molar-refractivity contribution in [1.82, 2.24) is 0 Å². The van der Waals surface area contributed by atoms with Crippen molar-refractivity contribution in [2.45, 2.75) is 73.6 Å². The van der Waals surface area contributed by atoms with Gasteiger partial charge in [0, 0.05) is 6.42 Å². The molecule has 3 atom stereocenters. The van der Waals surface area contributed by atoms with E-state index >= 15 is 0 Å². The van der Waals surface area contributed by atoms with E-state index in [9.17, 15) is 4.79 Å². The average Bonchev–Trinajstić information content (AvgIpc) is 2.39. The predicted molar refractivity (Wildman–Crippen MR) is 92.3 cm³/mol. The third-order valence-corrected chi connectivity index (χ3v) is 5.46. The number of aldehydes is 1. The van der Waals surface area contributed by atoms with Gasteiger partial charge in [-0.05, 0) is 69.6 Å². The van der Waals surface area contributed by atoms with Crippen molar-refractivity contribution in [3.05, 3.63) is 23.3 Å². The van der Waals surface area contributed by atoms with Crippen molar-refractivity contribution in [3.8, 4) is 0 Å². The summed E-state index contributed by atoms with van der Waals surface area (Å²) in [6.07, 6.45) is 11.4. The molecule has 0 N–H and O–H groups in total. The summed E-state index contributed by atoms with van der Waals surface area (Å²) in [5.74, 6) is 2.47. The molecule has 1 heteroatoms. The quantitative estimate of drug-likeness (QED) is 0.451. The van der Waals surface area contributed by atoms with E-state index in [1.165, 1.54) is 18.4 Å². The summed E-state index contributed by atoms with van der Waals surface area (Å²) < 4.78 is 0. The topological polar surface area (TPSA) is 17.1 Å². The molecule has 0 saturated heterocycles. The number of hydrogen-bond donors (Lipinski definition) is 0. The maximum atomic E-state index is 10.1. The van der Waals surface area contributed by atoms with E-state index in [1.54, 1.807) is 5.57 Å². The lowest BCUT2D eigenvalue weighted by Crippen LogP contribution is -2.47. The fraction of sp³-hybridized carbons (Fsp3) is 0.750. The fourth-order valence-electron chi connectivity index (χ4n) is 3.60. The van der Waals surface area contributed by atoms with E-state index in [4.69, 9.17) is 0 Å². The zero-order chi connectivity index (χ0) is 16.0. The van der Waals surface area contributed by atoms with Gasteiger partial charge in [0.15, 0.2) is 0 Å². The van der Waals surface area contributed by atoms with Gasteiger partial charge in [-0.25, -0.2) is 0 Å². The minimum absolute atomic E-state index is 0.545. The summed E-state index contributed by atoms with van der Waals surface area (Å²) in [5, 5.41) is 0. The van der Waals surface area contributed by atoms with Gasteiger partial charge in [-0.2, -0.15) is 0 Å². The van der Waals surface area contributed by atoms with E-state index in [-0.39, 0.29) is 0 Å². The van der Waals surface area contributed by atoms with Crippen molar-refractivity contribution in [3.63, 3.8) is 0 Å². The molecule has 3 rings (SSSR count).